The van der Waals surface area contributed by atoms with Crippen molar-refractivity contribution < 1.29 is 13.2 Å². The van der Waals surface area contributed by atoms with Gasteiger partial charge in [0.05, 0.1) is 23.1 Å². The Kier molecular flexibility index (Phi) is 6.55. The van der Waals surface area contributed by atoms with Crippen LogP contribution in [0.2, 0.25) is 0 Å². The van der Waals surface area contributed by atoms with Gasteiger partial charge in [-0.1, -0.05) is 24.6 Å². The molecule has 152 valence electrons. The Morgan fingerprint density at radius 3 is 2.45 bits per heavy atom. The number of hydrogen-bond donors (Lipinski definition) is 1. The predicted molar refractivity (Wildman–Crippen MR) is 112 cm³/mol. The van der Waals surface area contributed by atoms with Crippen molar-refractivity contribution in [2.24, 2.45) is 5.92 Å². The second-order valence-corrected chi connectivity index (χ2v) is 9.08. The highest BCUT2D eigenvalue weighted by atomic mass is 32.2. The van der Waals surface area contributed by atoms with E-state index in [4.69, 9.17) is 5.26 Å². The van der Waals surface area contributed by atoms with Gasteiger partial charge >= 0.3 is 0 Å². The van der Waals surface area contributed by atoms with E-state index >= 15 is 0 Å². The molecular weight excluding hydrogens is 386 g/mol. The summed E-state index contributed by atoms with van der Waals surface area (Å²) in [5.74, 6) is 0.332. The molecule has 2 aromatic carbocycles. The molecule has 1 amide bonds. The summed E-state index contributed by atoms with van der Waals surface area (Å²) in [5.41, 5.74) is 1.78. The number of benzene rings is 2. The Morgan fingerprint density at radius 1 is 1.17 bits per heavy atom. The van der Waals surface area contributed by atoms with Gasteiger partial charge in [0, 0.05) is 18.7 Å². The number of amides is 1. The van der Waals surface area contributed by atoms with Crippen LogP contribution in [0.5, 0.6) is 0 Å². The second kappa shape index (κ2) is 9.10. The Balaban J connectivity index is 1.74. The van der Waals surface area contributed by atoms with Crippen LogP contribution in [0.3, 0.4) is 0 Å². The molecule has 0 heterocycles. The third-order valence-corrected chi connectivity index (χ3v) is 6.67. The summed E-state index contributed by atoms with van der Waals surface area (Å²) in [6.07, 6.45) is 3.69. The van der Waals surface area contributed by atoms with Crippen molar-refractivity contribution in [3.8, 4) is 6.07 Å². The maximum absolute atomic E-state index is 12.9. The Bertz CT molecular complexity index is 1010. The minimum absolute atomic E-state index is 0.0971. The van der Waals surface area contributed by atoms with Gasteiger partial charge < -0.3 is 4.90 Å². The lowest BCUT2D eigenvalue weighted by molar-refractivity contribution is 0.0699. The summed E-state index contributed by atoms with van der Waals surface area (Å²) < 4.78 is 27.9. The van der Waals surface area contributed by atoms with Crippen LogP contribution in [-0.2, 0) is 10.0 Å². The number of anilines is 1. The minimum atomic E-state index is -3.74. The molecule has 0 radical (unpaired) electrons. The number of rotatable bonds is 8. The van der Waals surface area contributed by atoms with E-state index in [1.54, 1.807) is 17.0 Å². The van der Waals surface area contributed by atoms with Gasteiger partial charge in [0.15, 0.2) is 0 Å². The first-order chi connectivity index (χ1) is 13.9. The Hall–Kier alpha value is -2.85. The highest BCUT2D eigenvalue weighted by Crippen LogP contribution is 2.28. The molecule has 1 saturated carbocycles. The summed E-state index contributed by atoms with van der Waals surface area (Å²) in [4.78, 5) is 14.7. The molecule has 6 nitrogen and oxygen atoms in total. The zero-order valence-corrected chi connectivity index (χ0v) is 17.3. The first-order valence-corrected chi connectivity index (χ1v) is 11.2. The zero-order valence-electron chi connectivity index (χ0n) is 16.5. The molecule has 3 rings (SSSR count). The van der Waals surface area contributed by atoms with Crippen LogP contribution >= 0.6 is 0 Å². The molecule has 0 saturated heterocycles. The van der Waals surface area contributed by atoms with Crippen molar-refractivity contribution in [1.29, 1.82) is 5.26 Å². The first kappa shape index (κ1) is 20.9. The number of carbonyl (C=O) groups is 1. The summed E-state index contributed by atoms with van der Waals surface area (Å²) in [5, 5.41) is 8.88. The summed E-state index contributed by atoms with van der Waals surface area (Å²) in [6, 6.07) is 15.2. The van der Waals surface area contributed by atoms with Crippen LogP contribution < -0.4 is 4.72 Å². The van der Waals surface area contributed by atoms with E-state index in [0.29, 0.717) is 30.3 Å². The van der Waals surface area contributed by atoms with E-state index in [0.717, 1.165) is 18.4 Å². The third kappa shape index (κ3) is 5.15. The number of carbonyl (C=O) groups excluding carboxylic acids is 1. The minimum Gasteiger partial charge on any atom is -0.337 e. The zero-order chi connectivity index (χ0) is 20.9. The predicted octanol–water partition coefficient (Wildman–Crippen LogP) is 3.95. The summed E-state index contributed by atoms with van der Waals surface area (Å²) in [6.45, 7) is 2.87. The lowest BCUT2D eigenvalue weighted by Crippen LogP contribution is -2.38. The number of nitrogens with one attached hydrogen (secondary N) is 1. The van der Waals surface area contributed by atoms with Gasteiger partial charge in [0.25, 0.3) is 15.9 Å². The molecule has 0 atom stereocenters. The highest BCUT2D eigenvalue weighted by molar-refractivity contribution is 7.92. The van der Waals surface area contributed by atoms with E-state index in [2.05, 4.69) is 10.8 Å². The van der Waals surface area contributed by atoms with Gasteiger partial charge in [-0.25, -0.2) is 8.42 Å². The van der Waals surface area contributed by atoms with Gasteiger partial charge in [-0.2, -0.15) is 5.26 Å². The number of para-hydroxylation sites is 1. The van der Waals surface area contributed by atoms with E-state index in [9.17, 15) is 13.2 Å². The average Bonchev–Trinajstić information content (AvgIpc) is 2.68. The standard InChI is InChI=1S/C22H25N3O3S/c1-17-6-2-3-9-21(17)24-29(27,28)20-12-10-19(11-13-20)22(26)25(15-5-14-23)16-18-7-4-8-18/h2-3,6,9-13,18,24H,4-5,7-8,15-16H2,1H3. The fraction of sp³-hybridized carbons (Fsp3) is 0.364. The van der Waals surface area contributed by atoms with E-state index in [1.807, 2.05) is 19.1 Å². The van der Waals surface area contributed by atoms with Gasteiger partial charge in [0.2, 0.25) is 0 Å². The van der Waals surface area contributed by atoms with Crippen molar-refractivity contribution in [1.82, 2.24) is 4.90 Å². The van der Waals surface area contributed by atoms with Crippen LogP contribution in [0.1, 0.15) is 41.6 Å². The van der Waals surface area contributed by atoms with Crippen LogP contribution in [0.4, 0.5) is 5.69 Å². The van der Waals surface area contributed by atoms with Gasteiger partial charge in [-0.15, -0.1) is 0 Å². The smallest absolute Gasteiger partial charge is 0.261 e. The fourth-order valence-corrected chi connectivity index (χ4v) is 4.43. The first-order valence-electron chi connectivity index (χ1n) is 9.75. The van der Waals surface area contributed by atoms with Crippen molar-refractivity contribution in [3.63, 3.8) is 0 Å². The molecule has 1 aliphatic carbocycles. The van der Waals surface area contributed by atoms with Gasteiger partial charge in [-0.05, 0) is 61.6 Å². The van der Waals surface area contributed by atoms with Crippen molar-refractivity contribution in [2.45, 2.75) is 37.5 Å². The molecule has 7 heteroatoms. The number of hydrogen-bond acceptors (Lipinski definition) is 4. The summed E-state index contributed by atoms with van der Waals surface area (Å²) >= 11 is 0. The average molecular weight is 412 g/mol. The molecule has 0 spiro atoms. The lowest BCUT2D eigenvalue weighted by atomic mass is 9.85. The molecule has 0 bridgehead atoms. The highest BCUT2D eigenvalue weighted by Gasteiger charge is 2.24. The van der Waals surface area contributed by atoms with E-state index < -0.39 is 10.0 Å². The molecule has 1 fully saturated rings. The second-order valence-electron chi connectivity index (χ2n) is 7.40. The SMILES string of the molecule is Cc1ccccc1NS(=O)(=O)c1ccc(C(=O)N(CCC#N)CC2CCC2)cc1. The van der Waals surface area contributed by atoms with Crippen molar-refractivity contribution in [2.75, 3.05) is 17.8 Å². The normalized spacial score (nSPS) is 13.9. The maximum atomic E-state index is 12.9. The fourth-order valence-electron chi connectivity index (χ4n) is 3.30. The maximum Gasteiger partial charge on any atom is 0.261 e. The van der Waals surface area contributed by atoms with E-state index in [1.165, 1.54) is 30.7 Å². The molecule has 29 heavy (non-hydrogen) atoms. The molecule has 0 aromatic heterocycles. The number of nitrogens with zero attached hydrogens (tertiary/aromatic N) is 2. The van der Waals surface area contributed by atoms with Crippen LogP contribution in [0, 0.1) is 24.2 Å². The summed E-state index contributed by atoms with van der Waals surface area (Å²) in [7, 11) is -3.74. The number of nitriles is 1. The monoisotopic (exact) mass is 411 g/mol. The van der Waals surface area contributed by atoms with Gasteiger partial charge in [-0.3, -0.25) is 9.52 Å². The molecule has 0 aliphatic heterocycles. The van der Waals surface area contributed by atoms with Crippen LogP contribution in [0.25, 0.3) is 0 Å². The Labute approximate surface area is 172 Å². The van der Waals surface area contributed by atoms with Crippen molar-refractivity contribution >= 4 is 21.6 Å². The molecular formula is C22H25N3O3S. The quantitative estimate of drug-likeness (QED) is 0.712. The Morgan fingerprint density at radius 2 is 1.86 bits per heavy atom. The van der Waals surface area contributed by atoms with Crippen LogP contribution in [0.15, 0.2) is 53.4 Å². The van der Waals surface area contributed by atoms with Gasteiger partial charge in [0.1, 0.15) is 0 Å². The molecule has 1 aliphatic rings. The van der Waals surface area contributed by atoms with E-state index in [-0.39, 0.29) is 17.2 Å². The van der Waals surface area contributed by atoms with Crippen LogP contribution in [-0.4, -0.2) is 32.3 Å². The number of sulfonamides is 1. The molecule has 2 aromatic rings. The largest absolute Gasteiger partial charge is 0.337 e. The molecule has 1 N–H and O–H groups in total. The number of aryl methyl sites for hydroxylation is 1. The molecule has 0 unspecified atom stereocenters. The third-order valence-electron chi connectivity index (χ3n) is 5.29. The topological polar surface area (TPSA) is 90.3 Å². The van der Waals surface area contributed by atoms with Crippen molar-refractivity contribution in [3.05, 3.63) is 59.7 Å². The lowest BCUT2D eigenvalue weighted by Gasteiger charge is -2.32.